The van der Waals surface area contributed by atoms with E-state index in [1.54, 1.807) is 6.92 Å². The number of thiazole rings is 1. The Morgan fingerprint density at radius 1 is 1.31 bits per heavy atom. The second kappa shape index (κ2) is 10.8. The van der Waals surface area contributed by atoms with Crippen molar-refractivity contribution in [2.24, 2.45) is 10.9 Å². The van der Waals surface area contributed by atoms with Crippen LogP contribution >= 0.6 is 35.7 Å². The monoisotopic (exact) mass is 495 g/mol. The van der Waals surface area contributed by atoms with Crippen molar-refractivity contribution in [3.63, 3.8) is 0 Å². The van der Waals surface area contributed by atoms with Crippen LogP contribution in [-0.2, 0) is 20.9 Å². The molecule has 0 aliphatic carbocycles. The lowest BCUT2D eigenvalue weighted by molar-refractivity contribution is -0.132. The molecule has 2 aliphatic rings. The van der Waals surface area contributed by atoms with Gasteiger partial charge in [-0.3, -0.25) is 19.4 Å². The van der Waals surface area contributed by atoms with Crippen molar-refractivity contribution in [2.75, 3.05) is 11.5 Å². The minimum absolute atomic E-state index is 0.0894. The number of nitrogens with one attached hydrogen (secondary N) is 3. The van der Waals surface area contributed by atoms with Gasteiger partial charge in [-0.1, -0.05) is 26.0 Å². The van der Waals surface area contributed by atoms with Crippen LogP contribution in [0.4, 0.5) is 0 Å². The number of hydrogen-bond acceptors (Lipinski definition) is 8. The third-order valence-corrected chi connectivity index (χ3v) is 7.56. The number of thiol groups is 1. The predicted octanol–water partition coefficient (Wildman–Crippen LogP) is 1.92. The maximum atomic E-state index is 13.1. The third kappa shape index (κ3) is 6.14. The normalized spacial score (nSPS) is 27.3. The van der Waals surface area contributed by atoms with Crippen LogP contribution in [0.25, 0.3) is 0 Å². The first-order chi connectivity index (χ1) is 15.2. The average molecular weight is 496 g/mol. The van der Waals surface area contributed by atoms with E-state index in [1.807, 2.05) is 31.4 Å². The van der Waals surface area contributed by atoms with Gasteiger partial charge >= 0.3 is 0 Å². The second-order valence-corrected chi connectivity index (χ2v) is 10.7. The molecule has 3 atom stereocenters. The summed E-state index contributed by atoms with van der Waals surface area (Å²) in [5, 5.41) is 12.0. The van der Waals surface area contributed by atoms with Crippen molar-refractivity contribution >= 4 is 58.5 Å². The maximum Gasteiger partial charge on any atom is 0.249 e. The quantitative estimate of drug-likeness (QED) is 0.377. The number of fused-ring (bicyclic) bond motifs is 4. The molecule has 1 aromatic rings. The summed E-state index contributed by atoms with van der Waals surface area (Å²) in [6.45, 7) is 5.82. The van der Waals surface area contributed by atoms with Crippen molar-refractivity contribution in [1.82, 2.24) is 20.9 Å². The molecule has 3 N–H and O–H groups in total. The molecule has 0 spiro atoms. The van der Waals surface area contributed by atoms with Gasteiger partial charge in [0, 0.05) is 11.1 Å². The number of allylic oxidation sites excluding steroid dienone is 1. The van der Waals surface area contributed by atoms with Crippen LogP contribution in [0.5, 0.6) is 0 Å². The standard InChI is InChI=1S/C21H29N5O3S3/c1-12(2)17-18(28)23-13(6-4-5-7-30)8-15(27)22-9-16-24-14(10-31-16)19-26-21(3,11-32-19)20(29)25-17/h4,6,10,12-13,17,30H,5,7-9,11H2,1-3H3,(H,22,27)(H,23,28)(H,25,29)/b6-4+. The number of aliphatic imine (C=N–C) groups is 1. The van der Waals surface area contributed by atoms with Crippen molar-refractivity contribution in [2.45, 2.75) is 57.8 Å². The first-order valence-corrected chi connectivity index (χ1v) is 13.0. The summed E-state index contributed by atoms with van der Waals surface area (Å²) in [4.78, 5) is 48.0. The van der Waals surface area contributed by atoms with Crippen LogP contribution in [0.1, 0.15) is 44.3 Å². The van der Waals surface area contributed by atoms with Crippen LogP contribution in [-0.4, -0.2) is 56.9 Å². The summed E-state index contributed by atoms with van der Waals surface area (Å²) in [6.07, 6.45) is 4.52. The summed E-state index contributed by atoms with van der Waals surface area (Å²) in [7, 11) is 0. The number of hydrogen-bond donors (Lipinski definition) is 4. The van der Waals surface area contributed by atoms with Crippen molar-refractivity contribution < 1.29 is 14.4 Å². The summed E-state index contributed by atoms with van der Waals surface area (Å²) < 4.78 is 0. The van der Waals surface area contributed by atoms with E-state index in [0.29, 0.717) is 28.8 Å². The number of carbonyl (C=O) groups excluding carboxylic acids is 3. The van der Waals surface area contributed by atoms with E-state index in [4.69, 9.17) is 0 Å². The fourth-order valence-electron chi connectivity index (χ4n) is 3.29. The molecule has 3 heterocycles. The largest absolute Gasteiger partial charge is 0.350 e. The Kier molecular flexibility index (Phi) is 8.40. The molecule has 32 heavy (non-hydrogen) atoms. The molecule has 1 aromatic heterocycles. The SMILES string of the molecule is CC(C)C1NC(=O)C2(C)CSC(=N2)c2csc(n2)CNC(=O)CC(/C=C/CCS)NC1=O. The van der Waals surface area contributed by atoms with E-state index < -0.39 is 17.6 Å². The topological polar surface area (TPSA) is 113 Å². The Balaban J connectivity index is 1.92. The average Bonchev–Trinajstić information content (AvgIpc) is 3.37. The fraction of sp³-hybridized carbons (Fsp3) is 0.571. The fourth-order valence-corrected chi connectivity index (χ4v) is 5.36. The Bertz CT molecular complexity index is 930. The van der Waals surface area contributed by atoms with E-state index in [9.17, 15) is 14.4 Å². The second-order valence-electron chi connectivity index (χ2n) is 8.34. The molecular formula is C21H29N5O3S3. The first kappa shape index (κ1) is 24.8. The number of nitrogens with zero attached hydrogens (tertiary/aromatic N) is 2. The van der Waals surface area contributed by atoms with Crippen LogP contribution in [0.15, 0.2) is 22.5 Å². The molecular weight excluding hydrogens is 466 g/mol. The highest BCUT2D eigenvalue weighted by Gasteiger charge is 2.41. The van der Waals surface area contributed by atoms with Crippen LogP contribution in [0.3, 0.4) is 0 Å². The maximum absolute atomic E-state index is 13.1. The molecule has 8 nitrogen and oxygen atoms in total. The zero-order valence-electron chi connectivity index (χ0n) is 18.4. The number of rotatable bonds is 4. The van der Waals surface area contributed by atoms with Crippen molar-refractivity contribution in [1.29, 1.82) is 0 Å². The van der Waals surface area contributed by atoms with Crippen LogP contribution < -0.4 is 16.0 Å². The van der Waals surface area contributed by atoms with Crippen LogP contribution in [0.2, 0.25) is 0 Å². The van der Waals surface area contributed by atoms with Crippen molar-refractivity contribution in [3.8, 4) is 0 Å². The lowest BCUT2D eigenvalue weighted by Crippen LogP contribution is -2.56. The molecule has 174 valence electrons. The molecule has 3 rings (SSSR count). The molecule has 0 fully saturated rings. The summed E-state index contributed by atoms with van der Waals surface area (Å²) in [6, 6.07) is -1.24. The molecule has 4 bridgehead atoms. The molecule has 0 radical (unpaired) electrons. The van der Waals surface area contributed by atoms with Gasteiger partial charge in [-0.05, 0) is 25.0 Å². The summed E-state index contributed by atoms with van der Waals surface area (Å²) >= 11 is 7.11. The van der Waals surface area contributed by atoms with Gasteiger partial charge in [-0.2, -0.15) is 12.6 Å². The first-order valence-electron chi connectivity index (χ1n) is 10.5. The summed E-state index contributed by atoms with van der Waals surface area (Å²) in [5.41, 5.74) is -0.271. The van der Waals surface area contributed by atoms with Gasteiger partial charge in [0.05, 0.1) is 19.0 Å². The zero-order chi connectivity index (χ0) is 23.3. The van der Waals surface area contributed by atoms with E-state index in [1.165, 1.54) is 23.1 Å². The molecule has 0 aromatic carbocycles. The Labute approximate surface area is 201 Å². The van der Waals surface area contributed by atoms with Crippen molar-refractivity contribution in [3.05, 3.63) is 28.2 Å². The molecule has 3 amide bonds. The number of aromatic nitrogens is 1. The van der Waals surface area contributed by atoms with E-state index in [-0.39, 0.29) is 30.1 Å². The number of carbonyl (C=O) groups is 3. The highest BCUT2D eigenvalue weighted by atomic mass is 32.2. The minimum atomic E-state index is -0.978. The van der Waals surface area contributed by atoms with Gasteiger partial charge in [0.1, 0.15) is 27.3 Å². The van der Waals surface area contributed by atoms with E-state index in [0.717, 1.165) is 11.4 Å². The number of thioether (sulfide) groups is 1. The van der Waals surface area contributed by atoms with Gasteiger partial charge in [0.2, 0.25) is 17.7 Å². The molecule has 2 aliphatic heterocycles. The zero-order valence-corrected chi connectivity index (χ0v) is 20.9. The number of amides is 3. The van der Waals surface area contributed by atoms with Gasteiger partial charge in [-0.15, -0.1) is 23.1 Å². The van der Waals surface area contributed by atoms with Gasteiger partial charge in [0.15, 0.2) is 0 Å². The smallest absolute Gasteiger partial charge is 0.249 e. The van der Waals surface area contributed by atoms with Gasteiger partial charge in [-0.25, -0.2) is 4.98 Å². The van der Waals surface area contributed by atoms with E-state index >= 15 is 0 Å². The summed E-state index contributed by atoms with van der Waals surface area (Å²) in [5.74, 6) is 0.181. The highest BCUT2D eigenvalue weighted by Crippen LogP contribution is 2.32. The lowest BCUT2D eigenvalue weighted by atomic mass is 9.99. The minimum Gasteiger partial charge on any atom is -0.350 e. The third-order valence-electron chi connectivity index (χ3n) is 5.17. The highest BCUT2D eigenvalue weighted by molar-refractivity contribution is 8.14. The lowest BCUT2D eigenvalue weighted by Gasteiger charge is -2.27. The molecule has 11 heteroatoms. The molecule has 3 unspecified atom stereocenters. The van der Waals surface area contributed by atoms with Gasteiger partial charge < -0.3 is 16.0 Å². The predicted molar refractivity (Wildman–Crippen MR) is 132 cm³/mol. The molecule has 0 saturated heterocycles. The van der Waals surface area contributed by atoms with Gasteiger partial charge in [0.25, 0.3) is 0 Å². The van der Waals surface area contributed by atoms with E-state index in [2.05, 4.69) is 38.6 Å². The Morgan fingerprint density at radius 2 is 2.09 bits per heavy atom. The Morgan fingerprint density at radius 3 is 2.81 bits per heavy atom. The molecule has 0 saturated carbocycles. The van der Waals surface area contributed by atoms with Crippen LogP contribution in [0, 0.1) is 5.92 Å². The Hall–Kier alpha value is -1.85.